The third-order valence-electron chi connectivity index (χ3n) is 7.39. The summed E-state index contributed by atoms with van der Waals surface area (Å²) in [6.45, 7) is 20.9. The van der Waals surface area contributed by atoms with E-state index in [9.17, 15) is 28.0 Å². The van der Waals surface area contributed by atoms with Gasteiger partial charge >= 0.3 is 24.4 Å². The van der Waals surface area contributed by atoms with Crippen molar-refractivity contribution in [3.05, 3.63) is 105 Å². The number of hydrogen-bond acceptors (Lipinski definition) is 10. The summed E-state index contributed by atoms with van der Waals surface area (Å²) in [6, 6.07) is 17.4. The molecule has 334 valence electrons. The summed E-state index contributed by atoms with van der Waals surface area (Å²) in [4.78, 5) is 58.7. The topological polar surface area (TPSA) is 165 Å². The summed E-state index contributed by atoms with van der Waals surface area (Å²) >= 11 is 2.19. The van der Waals surface area contributed by atoms with Gasteiger partial charge in [0, 0.05) is 31.9 Å². The lowest BCUT2D eigenvalue weighted by molar-refractivity contribution is 0.0526. The van der Waals surface area contributed by atoms with Crippen LogP contribution in [0.2, 0.25) is 0 Å². The van der Waals surface area contributed by atoms with Gasteiger partial charge in [0.2, 0.25) is 11.9 Å². The lowest BCUT2D eigenvalue weighted by Crippen LogP contribution is -2.31. The molecule has 0 unspecified atom stereocenters. The van der Waals surface area contributed by atoms with Crippen LogP contribution in [0.3, 0.4) is 0 Å². The van der Waals surface area contributed by atoms with Gasteiger partial charge in [-0.15, -0.1) is 0 Å². The van der Waals surface area contributed by atoms with E-state index in [1.54, 1.807) is 107 Å². The smallest absolute Gasteiger partial charge is 0.421 e. The second-order valence-electron chi connectivity index (χ2n) is 17.8. The molecule has 2 aromatic heterocycles. The predicted octanol–water partition coefficient (Wildman–Crippen LogP) is 11.6. The molecule has 0 radical (unpaired) electrons. The minimum absolute atomic E-state index is 0.0346. The number of benzene rings is 3. The highest BCUT2D eigenvalue weighted by Crippen LogP contribution is 2.28. The van der Waals surface area contributed by atoms with Crippen LogP contribution in [-0.2, 0) is 18.9 Å². The molecule has 0 saturated heterocycles. The van der Waals surface area contributed by atoms with E-state index in [0.717, 1.165) is 31.9 Å². The molecule has 0 aliphatic rings. The van der Waals surface area contributed by atoms with Crippen molar-refractivity contribution in [2.45, 2.75) is 105 Å². The standard InChI is InChI=1S/C27H27F2N3O4.C19H24IN3O4/c1-26(2,3)35-24(33)31-23-30-16-22(32(23)25(34)36-27(4,5)6)19-9-7-8-17(12-19)10-11-18-13-20(28)15-21(29)14-18;1-18(2,3)26-16(24)22-15-21-11-14(12-8-7-9-13(20)10-12)23(15)17(25)27-19(4,5)6/h7-9,12-16H,1-6H3,(H,30,31,33);7-11H,1-6H3,(H,21,22,24). The zero-order valence-electron chi connectivity index (χ0n) is 37.2. The van der Waals surface area contributed by atoms with E-state index >= 15 is 0 Å². The molecule has 5 aromatic rings. The zero-order valence-corrected chi connectivity index (χ0v) is 39.4. The normalized spacial score (nSPS) is 11.5. The van der Waals surface area contributed by atoms with Crippen molar-refractivity contribution in [1.82, 2.24) is 19.1 Å². The monoisotopic (exact) mass is 980 g/mol. The molecule has 5 rings (SSSR count). The van der Waals surface area contributed by atoms with Crippen LogP contribution in [0.25, 0.3) is 22.5 Å². The highest BCUT2D eigenvalue weighted by atomic mass is 127. The maximum absolute atomic E-state index is 13.5. The number of rotatable bonds is 4. The van der Waals surface area contributed by atoms with E-state index < -0.39 is 58.4 Å². The van der Waals surface area contributed by atoms with Gasteiger partial charge in [0.25, 0.3) is 0 Å². The molecule has 14 nitrogen and oxygen atoms in total. The van der Waals surface area contributed by atoms with Crippen LogP contribution in [-0.4, -0.2) is 65.9 Å². The van der Waals surface area contributed by atoms with Gasteiger partial charge in [-0.25, -0.2) is 47.1 Å². The van der Waals surface area contributed by atoms with Gasteiger partial charge in [-0.3, -0.25) is 10.6 Å². The Labute approximate surface area is 379 Å². The molecule has 0 bridgehead atoms. The SMILES string of the molecule is CC(C)(C)OC(=O)Nc1ncc(-c2cccc(C#Cc3cc(F)cc(F)c3)c2)n1C(=O)OC(C)(C)C.CC(C)(C)OC(=O)Nc1ncc(-c2cccc(I)c2)n1C(=O)OC(C)(C)C. The van der Waals surface area contributed by atoms with E-state index in [2.05, 4.69) is 55.0 Å². The first-order valence-corrected chi connectivity index (χ1v) is 20.6. The van der Waals surface area contributed by atoms with Gasteiger partial charge in [0.1, 0.15) is 34.0 Å². The van der Waals surface area contributed by atoms with Crippen molar-refractivity contribution in [2.24, 2.45) is 0 Å². The molecule has 0 fully saturated rings. The maximum atomic E-state index is 13.5. The van der Waals surface area contributed by atoms with E-state index in [4.69, 9.17) is 18.9 Å². The molecule has 3 aromatic carbocycles. The minimum Gasteiger partial charge on any atom is -0.444 e. The Kier molecular flexibility index (Phi) is 15.5. The second-order valence-corrected chi connectivity index (χ2v) is 19.1. The fraction of sp³-hybridized carbons (Fsp3) is 0.348. The summed E-state index contributed by atoms with van der Waals surface area (Å²) in [6.07, 6.45) is 0.0406. The first kappa shape index (κ1) is 49.4. The molecule has 63 heavy (non-hydrogen) atoms. The Morgan fingerprint density at radius 3 is 1.37 bits per heavy atom. The fourth-order valence-electron chi connectivity index (χ4n) is 5.24. The Morgan fingerprint density at radius 1 is 0.556 bits per heavy atom. The summed E-state index contributed by atoms with van der Waals surface area (Å²) in [5, 5.41) is 5.01. The number of imidazole rings is 2. The third kappa shape index (κ3) is 15.8. The van der Waals surface area contributed by atoms with Gasteiger partial charge in [-0.1, -0.05) is 36.1 Å². The van der Waals surface area contributed by atoms with Crippen molar-refractivity contribution < 1.29 is 46.9 Å². The summed E-state index contributed by atoms with van der Waals surface area (Å²) in [5.41, 5.74) is -0.0803. The molecule has 2 N–H and O–H groups in total. The van der Waals surface area contributed by atoms with Crippen LogP contribution < -0.4 is 10.6 Å². The van der Waals surface area contributed by atoms with Gasteiger partial charge in [-0.05, 0) is 142 Å². The second kappa shape index (κ2) is 19.8. The van der Waals surface area contributed by atoms with E-state index in [0.29, 0.717) is 22.5 Å². The van der Waals surface area contributed by atoms with Crippen LogP contribution in [0.15, 0.2) is 79.1 Å². The molecule has 0 saturated carbocycles. The molecule has 0 aliphatic carbocycles. The fourth-order valence-corrected chi connectivity index (χ4v) is 5.78. The molecular weight excluding hydrogens is 929 g/mol. The third-order valence-corrected chi connectivity index (χ3v) is 8.06. The van der Waals surface area contributed by atoms with Gasteiger partial charge in [-0.2, -0.15) is 0 Å². The number of anilines is 2. The van der Waals surface area contributed by atoms with E-state index in [1.165, 1.54) is 17.0 Å². The average molecular weight is 981 g/mol. The lowest BCUT2D eigenvalue weighted by Gasteiger charge is -2.22. The zero-order chi connectivity index (χ0) is 47.1. The number of halogens is 3. The Balaban J connectivity index is 0.000000288. The van der Waals surface area contributed by atoms with Crippen molar-refractivity contribution in [3.8, 4) is 34.4 Å². The van der Waals surface area contributed by atoms with Crippen molar-refractivity contribution in [3.63, 3.8) is 0 Å². The van der Waals surface area contributed by atoms with Crippen LogP contribution in [0.5, 0.6) is 0 Å². The number of carbonyl (C=O) groups is 4. The number of amides is 2. The first-order chi connectivity index (χ1) is 29.1. The van der Waals surface area contributed by atoms with Gasteiger partial charge in [0.05, 0.1) is 23.8 Å². The first-order valence-electron chi connectivity index (χ1n) is 19.5. The van der Waals surface area contributed by atoms with Crippen LogP contribution in [0.4, 0.5) is 39.9 Å². The lowest BCUT2D eigenvalue weighted by atomic mass is 10.1. The number of hydrogen-bond donors (Lipinski definition) is 2. The van der Waals surface area contributed by atoms with Crippen molar-refractivity contribution >= 4 is 58.9 Å². The number of nitrogens with one attached hydrogen (secondary N) is 2. The molecule has 2 amide bonds. The number of nitrogens with zero attached hydrogens (tertiary/aromatic N) is 4. The Morgan fingerprint density at radius 2 is 0.952 bits per heavy atom. The largest absolute Gasteiger partial charge is 0.444 e. The molecule has 17 heteroatoms. The maximum Gasteiger partial charge on any atom is 0.421 e. The van der Waals surface area contributed by atoms with Gasteiger partial charge in [0.15, 0.2) is 0 Å². The van der Waals surface area contributed by atoms with Crippen LogP contribution in [0.1, 0.15) is 94.2 Å². The summed E-state index contributed by atoms with van der Waals surface area (Å²) in [7, 11) is 0. The Bertz CT molecular complexity index is 2530. The average Bonchev–Trinajstić information content (AvgIpc) is 3.72. The minimum atomic E-state index is -0.810. The number of aromatic nitrogens is 4. The van der Waals surface area contributed by atoms with Crippen LogP contribution in [0, 0.1) is 27.0 Å². The van der Waals surface area contributed by atoms with Crippen molar-refractivity contribution in [1.29, 1.82) is 0 Å². The number of carbonyl (C=O) groups excluding carboxylic acids is 4. The molecule has 0 aliphatic heterocycles. The van der Waals surface area contributed by atoms with Crippen molar-refractivity contribution in [2.75, 3.05) is 10.6 Å². The van der Waals surface area contributed by atoms with Gasteiger partial charge < -0.3 is 18.9 Å². The molecule has 0 atom stereocenters. The molecule has 0 spiro atoms. The van der Waals surface area contributed by atoms with E-state index in [-0.39, 0.29) is 17.5 Å². The highest BCUT2D eigenvalue weighted by Gasteiger charge is 2.28. The Hall–Kier alpha value is -6.29. The summed E-state index contributed by atoms with van der Waals surface area (Å²) in [5.74, 6) is 4.09. The summed E-state index contributed by atoms with van der Waals surface area (Å²) < 4.78 is 51.8. The predicted molar refractivity (Wildman–Crippen MR) is 243 cm³/mol. The quantitative estimate of drug-likeness (QED) is 0.101. The number of ether oxygens (including phenoxy) is 4. The molecule has 2 heterocycles. The highest BCUT2D eigenvalue weighted by molar-refractivity contribution is 14.1. The molecular formula is C46H51F2IN6O8. The van der Waals surface area contributed by atoms with Crippen LogP contribution >= 0.6 is 22.6 Å². The van der Waals surface area contributed by atoms with E-state index in [1.807, 2.05) is 24.3 Å².